The zero-order valence-corrected chi connectivity index (χ0v) is 13.9. The molecule has 0 amide bonds. The van der Waals surface area contributed by atoms with Crippen molar-refractivity contribution < 1.29 is 14.9 Å². The van der Waals surface area contributed by atoms with Gasteiger partial charge in [-0.1, -0.05) is 0 Å². The van der Waals surface area contributed by atoms with Crippen LogP contribution in [0.15, 0.2) is 21.9 Å². The highest BCUT2D eigenvalue weighted by atomic mass is 31.2. The molecule has 2 heterocycles. The third-order valence-electron chi connectivity index (χ3n) is 3.85. The molecule has 1 aliphatic heterocycles. The van der Waals surface area contributed by atoms with Crippen LogP contribution in [0.4, 0.5) is 0 Å². The molecule has 0 aliphatic carbocycles. The number of aromatic nitrogens is 2. The van der Waals surface area contributed by atoms with Crippen LogP contribution < -0.4 is 11.2 Å². The lowest BCUT2D eigenvalue weighted by Gasteiger charge is -2.19. The summed E-state index contributed by atoms with van der Waals surface area (Å²) in [6.07, 6.45) is 2.94. The first-order chi connectivity index (χ1) is 10.1. The Morgan fingerprint density at radius 3 is 2.55 bits per heavy atom. The molecule has 1 unspecified atom stereocenters. The van der Waals surface area contributed by atoms with Gasteiger partial charge in [0.15, 0.2) is 6.23 Å². The summed E-state index contributed by atoms with van der Waals surface area (Å²) < 4.78 is 7.75. The molecule has 0 bridgehead atoms. The van der Waals surface area contributed by atoms with E-state index in [4.69, 9.17) is 4.74 Å². The maximum absolute atomic E-state index is 12.1. The van der Waals surface area contributed by atoms with Gasteiger partial charge in [-0.25, -0.2) is 4.79 Å². The molecule has 8 heteroatoms. The molecule has 1 saturated heterocycles. The molecule has 124 valence electrons. The van der Waals surface area contributed by atoms with Crippen molar-refractivity contribution in [2.24, 2.45) is 7.05 Å². The summed E-state index contributed by atoms with van der Waals surface area (Å²) in [5.41, 5.74) is -1.02. The van der Waals surface area contributed by atoms with Crippen LogP contribution in [-0.4, -0.2) is 63.5 Å². The van der Waals surface area contributed by atoms with Gasteiger partial charge in [0.1, 0.15) is 12.2 Å². The molecule has 0 saturated carbocycles. The van der Waals surface area contributed by atoms with Crippen LogP contribution >= 0.6 is 6.89 Å². The van der Waals surface area contributed by atoms with Crippen LogP contribution in [0.1, 0.15) is 12.6 Å². The molecule has 0 aromatic carbocycles. The van der Waals surface area contributed by atoms with Crippen LogP contribution in [0.3, 0.4) is 0 Å². The smallest absolute Gasteiger partial charge is 0.332 e. The Morgan fingerprint density at radius 1 is 1.32 bits per heavy atom. The van der Waals surface area contributed by atoms with Gasteiger partial charge < -0.3 is 14.9 Å². The minimum absolute atomic E-state index is 0.436. The number of aliphatic hydroxyl groups is 2. The van der Waals surface area contributed by atoms with Gasteiger partial charge in [-0.3, -0.25) is 13.9 Å². The predicted octanol–water partition coefficient (Wildman–Crippen LogP) is -0.734. The van der Waals surface area contributed by atoms with E-state index >= 15 is 0 Å². The molecule has 22 heavy (non-hydrogen) atoms. The van der Waals surface area contributed by atoms with E-state index in [-0.39, 0.29) is 0 Å². The average Bonchev–Trinajstić information content (AvgIpc) is 2.70. The first-order valence-electron chi connectivity index (χ1n) is 7.09. The van der Waals surface area contributed by atoms with Crippen LogP contribution in [0.2, 0.25) is 0 Å². The number of aliphatic hydroxyl groups excluding tert-OH is 2. The quantitative estimate of drug-likeness (QED) is 0.710. The Labute approximate surface area is 128 Å². The summed E-state index contributed by atoms with van der Waals surface area (Å²) in [6.45, 7) is 2.90. The summed E-state index contributed by atoms with van der Waals surface area (Å²) in [4.78, 5) is 23.5. The van der Waals surface area contributed by atoms with Gasteiger partial charge in [0.2, 0.25) is 0 Å². The van der Waals surface area contributed by atoms with Gasteiger partial charge in [0.25, 0.3) is 5.56 Å². The normalized spacial score (nSPS) is 29.0. The van der Waals surface area contributed by atoms with Gasteiger partial charge in [0.05, 0.1) is 6.10 Å². The number of nitrogens with zero attached hydrogens (tertiary/aromatic N) is 2. The van der Waals surface area contributed by atoms with Crippen LogP contribution in [-0.2, 0) is 11.8 Å². The van der Waals surface area contributed by atoms with Crippen molar-refractivity contribution >= 4 is 13.2 Å². The standard InChI is InChI=1S/C14H23N2O5P/c1-15-10(17)5-7-16(14(15)20)13-12(19)11(18)9(21-13)6-8-22(2,3)4/h5,7,9,11-13,18-19H,2,6,8H2,1,3-4H3/t9-,11-,12?,13-/m1/s1. The molecule has 1 aromatic rings. The van der Waals surface area contributed by atoms with E-state index in [2.05, 4.69) is 19.6 Å². The fourth-order valence-corrected chi connectivity index (χ4v) is 3.41. The lowest BCUT2D eigenvalue weighted by molar-refractivity contribution is -0.0408. The summed E-state index contributed by atoms with van der Waals surface area (Å²) in [5.74, 6) is 0. The zero-order valence-electron chi connectivity index (χ0n) is 13.0. The summed E-state index contributed by atoms with van der Waals surface area (Å²) >= 11 is 0. The molecule has 2 rings (SSSR count). The molecular weight excluding hydrogens is 307 g/mol. The third-order valence-corrected chi connectivity index (χ3v) is 5.32. The van der Waals surface area contributed by atoms with Gasteiger partial charge in [-0.05, 0) is 25.9 Å². The Balaban J connectivity index is 2.24. The van der Waals surface area contributed by atoms with Gasteiger partial charge in [0, 0.05) is 19.3 Å². The topological polar surface area (TPSA) is 93.7 Å². The van der Waals surface area contributed by atoms with E-state index in [0.717, 1.165) is 15.3 Å². The van der Waals surface area contributed by atoms with E-state index < -0.39 is 42.7 Å². The second kappa shape index (κ2) is 6.16. The molecule has 0 radical (unpaired) electrons. The summed E-state index contributed by atoms with van der Waals surface area (Å²) in [7, 11) is 1.35. The lowest BCUT2D eigenvalue weighted by Crippen LogP contribution is -2.41. The monoisotopic (exact) mass is 330 g/mol. The van der Waals surface area contributed by atoms with Crippen LogP contribution in [0, 0.1) is 0 Å². The maximum Gasteiger partial charge on any atom is 0.332 e. The van der Waals surface area contributed by atoms with Gasteiger partial charge in [-0.2, -0.15) is 0 Å². The minimum atomic E-state index is -1.27. The number of ether oxygens (including phenoxy) is 1. The maximum atomic E-state index is 12.1. The fourth-order valence-electron chi connectivity index (χ4n) is 2.46. The van der Waals surface area contributed by atoms with Gasteiger partial charge in [-0.15, -0.1) is 13.2 Å². The second-order valence-electron chi connectivity index (χ2n) is 6.40. The molecular formula is C14H23N2O5P. The number of rotatable bonds is 4. The van der Waals surface area contributed by atoms with Crippen LogP contribution in [0.25, 0.3) is 0 Å². The first kappa shape index (κ1) is 17.2. The molecule has 1 aliphatic rings. The van der Waals surface area contributed by atoms with Crippen molar-refractivity contribution in [2.45, 2.75) is 31.0 Å². The Morgan fingerprint density at radius 2 is 1.95 bits per heavy atom. The first-order valence-corrected chi connectivity index (χ1v) is 10.1. The van der Waals surface area contributed by atoms with Crippen molar-refractivity contribution in [1.82, 2.24) is 9.13 Å². The lowest BCUT2D eigenvalue weighted by atomic mass is 10.1. The Hall–Kier alpha value is -1.14. The highest BCUT2D eigenvalue weighted by Crippen LogP contribution is 2.39. The van der Waals surface area contributed by atoms with Gasteiger partial charge >= 0.3 is 5.69 Å². The third kappa shape index (κ3) is 3.43. The van der Waals surface area contributed by atoms with Crippen molar-refractivity contribution in [3.63, 3.8) is 0 Å². The van der Waals surface area contributed by atoms with E-state index in [1.165, 1.54) is 19.3 Å². The molecule has 7 nitrogen and oxygen atoms in total. The summed E-state index contributed by atoms with van der Waals surface area (Å²) in [5, 5.41) is 20.3. The van der Waals surface area contributed by atoms with Crippen molar-refractivity contribution in [1.29, 1.82) is 0 Å². The number of hydrogen-bond donors (Lipinski definition) is 2. The molecule has 2 N–H and O–H groups in total. The van der Waals surface area contributed by atoms with Crippen LogP contribution in [0.5, 0.6) is 0 Å². The van der Waals surface area contributed by atoms with E-state index in [1.807, 2.05) is 0 Å². The average molecular weight is 330 g/mol. The molecule has 4 atom stereocenters. The minimum Gasteiger partial charge on any atom is -0.388 e. The second-order valence-corrected chi connectivity index (χ2v) is 10.7. The van der Waals surface area contributed by atoms with E-state index in [1.54, 1.807) is 0 Å². The zero-order chi connectivity index (χ0) is 16.7. The van der Waals surface area contributed by atoms with E-state index in [0.29, 0.717) is 6.42 Å². The van der Waals surface area contributed by atoms with Crippen molar-refractivity contribution in [3.8, 4) is 0 Å². The molecule has 1 fully saturated rings. The summed E-state index contributed by atoms with van der Waals surface area (Å²) in [6, 6.07) is 1.22. The van der Waals surface area contributed by atoms with E-state index in [9.17, 15) is 19.8 Å². The highest BCUT2D eigenvalue weighted by molar-refractivity contribution is 7.72. The molecule has 1 aromatic heterocycles. The predicted molar refractivity (Wildman–Crippen MR) is 87.2 cm³/mol. The van der Waals surface area contributed by atoms with Crippen molar-refractivity contribution in [2.75, 3.05) is 19.5 Å². The fraction of sp³-hybridized carbons (Fsp3) is 0.643. The Bertz CT molecular complexity index is 704. The SMILES string of the molecule is C=P(C)(C)CC[C@H]1O[C@@H](n2ccc(=O)n(C)c2=O)C(O)[C@@H]1O. The van der Waals surface area contributed by atoms with Crippen molar-refractivity contribution in [3.05, 3.63) is 33.1 Å². The Kier molecular flexibility index (Phi) is 4.82. The molecule has 0 spiro atoms. The highest BCUT2D eigenvalue weighted by Gasteiger charge is 2.43. The number of hydrogen-bond acceptors (Lipinski definition) is 5. The largest absolute Gasteiger partial charge is 0.388 e.